The zero-order chi connectivity index (χ0) is 11.5. The van der Waals surface area contributed by atoms with E-state index in [1.54, 1.807) is 12.1 Å². The van der Waals surface area contributed by atoms with Gasteiger partial charge in [0.1, 0.15) is 0 Å². The molecule has 84 valence electrons. The molecule has 2 unspecified atom stereocenters. The van der Waals surface area contributed by atoms with Gasteiger partial charge >= 0.3 is 0 Å². The molecule has 1 aromatic rings. The van der Waals surface area contributed by atoms with E-state index in [0.717, 1.165) is 11.6 Å². The first-order valence-electron chi connectivity index (χ1n) is 5.65. The molecular weight excluding hydrogens is 220 g/mol. The number of hydrogen-bond acceptors (Lipinski definition) is 2. The van der Waals surface area contributed by atoms with Gasteiger partial charge in [-0.1, -0.05) is 18.5 Å². The standard InChI is InChI=1S/C13H15ClN2/c1-9-2-4-11(6-9)16-13-5-3-10(8-15)7-12(13)14/h3,5,7,9,11,16H,2,4,6H2,1H3. The molecule has 16 heavy (non-hydrogen) atoms. The first kappa shape index (κ1) is 11.3. The van der Waals surface area contributed by atoms with Crippen molar-refractivity contribution in [1.29, 1.82) is 5.26 Å². The van der Waals surface area contributed by atoms with Gasteiger partial charge in [0, 0.05) is 6.04 Å². The van der Waals surface area contributed by atoms with Crippen molar-refractivity contribution in [2.75, 3.05) is 5.32 Å². The lowest BCUT2D eigenvalue weighted by atomic mass is 10.1. The maximum absolute atomic E-state index is 8.74. The Kier molecular flexibility index (Phi) is 3.36. The van der Waals surface area contributed by atoms with Gasteiger partial charge in [0.15, 0.2) is 0 Å². The summed E-state index contributed by atoms with van der Waals surface area (Å²) in [5.74, 6) is 0.801. The number of nitriles is 1. The minimum Gasteiger partial charge on any atom is -0.381 e. The van der Waals surface area contributed by atoms with E-state index < -0.39 is 0 Å². The average Bonchev–Trinajstić information content (AvgIpc) is 2.67. The number of anilines is 1. The van der Waals surface area contributed by atoms with E-state index in [4.69, 9.17) is 16.9 Å². The Labute approximate surface area is 101 Å². The minimum atomic E-state index is 0.528. The predicted octanol–water partition coefficient (Wildman–Crippen LogP) is 3.81. The van der Waals surface area contributed by atoms with E-state index in [2.05, 4.69) is 18.3 Å². The molecule has 1 fully saturated rings. The van der Waals surface area contributed by atoms with Gasteiger partial charge in [-0.25, -0.2) is 0 Å². The van der Waals surface area contributed by atoms with E-state index in [-0.39, 0.29) is 0 Å². The van der Waals surface area contributed by atoms with Crippen molar-refractivity contribution >= 4 is 17.3 Å². The molecule has 0 spiro atoms. The molecule has 0 aliphatic heterocycles. The lowest BCUT2D eigenvalue weighted by molar-refractivity contribution is 0.602. The van der Waals surface area contributed by atoms with Crippen LogP contribution >= 0.6 is 11.6 Å². The summed E-state index contributed by atoms with van der Waals surface area (Å²) in [6.07, 6.45) is 3.69. The normalized spacial score (nSPS) is 24.1. The first-order chi connectivity index (χ1) is 7.69. The van der Waals surface area contributed by atoms with Crippen LogP contribution < -0.4 is 5.32 Å². The first-order valence-corrected chi connectivity index (χ1v) is 6.03. The highest BCUT2D eigenvalue weighted by molar-refractivity contribution is 6.33. The molecule has 0 bridgehead atoms. The number of halogens is 1. The topological polar surface area (TPSA) is 35.8 Å². The van der Waals surface area contributed by atoms with Crippen molar-refractivity contribution in [3.63, 3.8) is 0 Å². The number of benzene rings is 1. The van der Waals surface area contributed by atoms with Crippen LogP contribution in [0, 0.1) is 17.2 Å². The lowest BCUT2D eigenvalue weighted by Gasteiger charge is -2.15. The molecule has 1 saturated carbocycles. The molecule has 0 heterocycles. The maximum atomic E-state index is 8.74. The summed E-state index contributed by atoms with van der Waals surface area (Å²) >= 11 is 6.11. The van der Waals surface area contributed by atoms with Crippen molar-refractivity contribution < 1.29 is 0 Å². The Bertz CT molecular complexity index is 422. The van der Waals surface area contributed by atoms with Gasteiger partial charge in [0.25, 0.3) is 0 Å². The van der Waals surface area contributed by atoms with Crippen LogP contribution in [0.2, 0.25) is 5.02 Å². The van der Waals surface area contributed by atoms with E-state index in [9.17, 15) is 0 Å². The maximum Gasteiger partial charge on any atom is 0.0992 e. The fourth-order valence-corrected chi connectivity index (χ4v) is 2.49. The Morgan fingerprint density at radius 2 is 2.25 bits per heavy atom. The lowest BCUT2D eigenvalue weighted by Crippen LogP contribution is -2.15. The molecule has 1 aliphatic carbocycles. The van der Waals surface area contributed by atoms with Crippen LogP contribution in [0.25, 0.3) is 0 Å². The van der Waals surface area contributed by atoms with Gasteiger partial charge in [0.05, 0.1) is 22.3 Å². The molecular formula is C13H15ClN2. The SMILES string of the molecule is CC1CCC(Nc2ccc(C#N)cc2Cl)C1. The third-order valence-electron chi connectivity index (χ3n) is 3.15. The molecule has 2 rings (SSSR count). The van der Waals surface area contributed by atoms with Crippen molar-refractivity contribution in [3.8, 4) is 6.07 Å². The highest BCUT2D eigenvalue weighted by Crippen LogP contribution is 2.30. The Morgan fingerprint density at radius 3 is 2.81 bits per heavy atom. The zero-order valence-corrected chi connectivity index (χ0v) is 10.1. The molecule has 2 atom stereocenters. The van der Waals surface area contributed by atoms with E-state index in [1.807, 2.05) is 6.07 Å². The molecule has 3 heteroatoms. The molecule has 0 aromatic heterocycles. The van der Waals surface area contributed by atoms with Crippen molar-refractivity contribution in [2.24, 2.45) is 5.92 Å². The largest absolute Gasteiger partial charge is 0.381 e. The summed E-state index contributed by atoms with van der Waals surface area (Å²) in [4.78, 5) is 0. The Morgan fingerprint density at radius 1 is 1.44 bits per heavy atom. The second-order valence-corrected chi connectivity index (χ2v) is 4.97. The van der Waals surface area contributed by atoms with Crippen LogP contribution in [0.3, 0.4) is 0 Å². The highest BCUT2D eigenvalue weighted by Gasteiger charge is 2.21. The van der Waals surface area contributed by atoms with Crippen LogP contribution in [0.1, 0.15) is 31.7 Å². The van der Waals surface area contributed by atoms with Crippen molar-refractivity contribution in [1.82, 2.24) is 0 Å². The number of rotatable bonds is 2. The van der Waals surface area contributed by atoms with Crippen molar-refractivity contribution in [2.45, 2.75) is 32.2 Å². The van der Waals surface area contributed by atoms with Crippen LogP contribution in [0.5, 0.6) is 0 Å². The van der Waals surface area contributed by atoms with Gasteiger partial charge in [-0.3, -0.25) is 0 Å². The predicted molar refractivity (Wildman–Crippen MR) is 66.6 cm³/mol. The molecule has 0 amide bonds. The zero-order valence-electron chi connectivity index (χ0n) is 9.33. The monoisotopic (exact) mass is 234 g/mol. The summed E-state index contributed by atoms with van der Waals surface area (Å²) in [6.45, 7) is 2.28. The number of nitrogens with zero attached hydrogens (tertiary/aromatic N) is 1. The summed E-state index contributed by atoms with van der Waals surface area (Å²) in [6, 6.07) is 8.01. The molecule has 1 aliphatic rings. The fourth-order valence-electron chi connectivity index (χ4n) is 2.26. The second kappa shape index (κ2) is 4.76. The average molecular weight is 235 g/mol. The summed E-state index contributed by atoms with van der Waals surface area (Å²) in [5, 5.41) is 12.8. The fraction of sp³-hybridized carbons (Fsp3) is 0.462. The van der Waals surface area contributed by atoms with Crippen LogP contribution in [0.15, 0.2) is 18.2 Å². The van der Waals surface area contributed by atoms with E-state index in [0.29, 0.717) is 16.6 Å². The Balaban J connectivity index is 2.08. The van der Waals surface area contributed by atoms with Gasteiger partial charge in [-0.15, -0.1) is 0 Å². The highest BCUT2D eigenvalue weighted by atomic mass is 35.5. The second-order valence-electron chi connectivity index (χ2n) is 4.57. The molecule has 0 radical (unpaired) electrons. The number of nitrogens with one attached hydrogen (secondary N) is 1. The molecule has 2 nitrogen and oxygen atoms in total. The molecule has 1 aromatic carbocycles. The number of hydrogen-bond donors (Lipinski definition) is 1. The van der Waals surface area contributed by atoms with Crippen LogP contribution in [-0.4, -0.2) is 6.04 Å². The molecule has 1 N–H and O–H groups in total. The molecule has 0 saturated heterocycles. The van der Waals surface area contributed by atoms with Gasteiger partial charge < -0.3 is 5.32 Å². The van der Waals surface area contributed by atoms with Gasteiger partial charge in [-0.2, -0.15) is 5.26 Å². The quantitative estimate of drug-likeness (QED) is 0.845. The summed E-state index contributed by atoms with van der Waals surface area (Å²) < 4.78 is 0. The van der Waals surface area contributed by atoms with Gasteiger partial charge in [0.2, 0.25) is 0 Å². The van der Waals surface area contributed by atoms with E-state index in [1.165, 1.54) is 19.3 Å². The summed E-state index contributed by atoms with van der Waals surface area (Å²) in [5.41, 5.74) is 1.55. The van der Waals surface area contributed by atoms with Crippen LogP contribution in [-0.2, 0) is 0 Å². The van der Waals surface area contributed by atoms with Crippen molar-refractivity contribution in [3.05, 3.63) is 28.8 Å². The third-order valence-corrected chi connectivity index (χ3v) is 3.47. The smallest absolute Gasteiger partial charge is 0.0992 e. The minimum absolute atomic E-state index is 0.528. The van der Waals surface area contributed by atoms with Gasteiger partial charge in [-0.05, 0) is 43.4 Å². The van der Waals surface area contributed by atoms with E-state index >= 15 is 0 Å². The Hall–Kier alpha value is -1.20. The van der Waals surface area contributed by atoms with Crippen LogP contribution in [0.4, 0.5) is 5.69 Å². The third kappa shape index (κ3) is 2.48. The summed E-state index contributed by atoms with van der Waals surface area (Å²) in [7, 11) is 0.